The fourth-order valence-electron chi connectivity index (χ4n) is 1.81. The molecule has 0 saturated heterocycles. The lowest BCUT2D eigenvalue weighted by Crippen LogP contribution is -2.22. The molecule has 1 aromatic rings. The van der Waals surface area contributed by atoms with Crippen LogP contribution in [0.1, 0.15) is 56.6 Å². The Balaban J connectivity index is 0.000000686. The maximum atomic E-state index is 11.8. The Hall–Kier alpha value is -1.16. The maximum Gasteiger partial charge on any atom is 0.254 e. The van der Waals surface area contributed by atoms with Crippen LogP contribution in [0.5, 0.6) is 0 Å². The summed E-state index contributed by atoms with van der Waals surface area (Å²) >= 11 is 0. The monoisotopic (exact) mass is 237 g/mol. The second-order valence-electron chi connectivity index (χ2n) is 4.04. The lowest BCUT2D eigenvalue weighted by Gasteiger charge is -2.07. The number of nitrogens with two attached hydrogens (primary N) is 1. The van der Waals surface area contributed by atoms with Gasteiger partial charge in [0.2, 0.25) is 0 Å². The van der Waals surface area contributed by atoms with Crippen molar-refractivity contribution in [1.82, 2.24) is 9.97 Å². The van der Waals surface area contributed by atoms with E-state index in [1.54, 1.807) is 0 Å². The van der Waals surface area contributed by atoms with E-state index in [4.69, 9.17) is 5.73 Å². The molecule has 1 fully saturated rings. The normalized spacial score (nSPS) is 14.1. The molecule has 17 heavy (non-hydrogen) atoms. The first-order valence-corrected chi connectivity index (χ1v) is 6.58. The van der Waals surface area contributed by atoms with Crippen molar-refractivity contribution in [3.8, 4) is 0 Å². The number of aromatic nitrogens is 2. The average Bonchev–Trinajstić information content (AvgIpc) is 3.18. The van der Waals surface area contributed by atoms with Crippen LogP contribution >= 0.6 is 0 Å². The lowest BCUT2D eigenvalue weighted by molar-refractivity contribution is 0.811. The summed E-state index contributed by atoms with van der Waals surface area (Å²) in [7, 11) is 0. The molecule has 1 saturated carbocycles. The predicted octanol–water partition coefficient (Wildman–Crippen LogP) is 1.74. The number of hydrogen-bond acceptors (Lipinski definition) is 3. The van der Waals surface area contributed by atoms with Crippen molar-refractivity contribution in [2.24, 2.45) is 5.73 Å². The molecule has 4 heteroatoms. The third-order valence-corrected chi connectivity index (χ3v) is 2.81. The third-order valence-electron chi connectivity index (χ3n) is 2.81. The van der Waals surface area contributed by atoms with Gasteiger partial charge in [-0.25, -0.2) is 4.98 Å². The Morgan fingerprint density at radius 1 is 1.41 bits per heavy atom. The summed E-state index contributed by atoms with van der Waals surface area (Å²) < 4.78 is 0. The summed E-state index contributed by atoms with van der Waals surface area (Å²) in [6, 6.07) is 0. The van der Waals surface area contributed by atoms with E-state index in [0.29, 0.717) is 18.9 Å². The first kappa shape index (κ1) is 13.9. The van der Waals surface area contributed by atoms with Crippen molar-refractivity contribution in [2.45, 2.75) is 52.4 Å². The molecule has 0 bridgehead atoms. The minimum Gasteiger partial charge on any atom is -0.330 e. The standard InChI is InChI=1S/C11H17N3O.C2H6/c1-2-9-8(5-6-12)11(15)14-10(13-9)7-3-4-7;1-2/h7H,2-6,12H2,1H3,(H,13,14,15);1-2H3. The highest BCUT2D eigenvalue weighted by atomic mass is 16.1. The first-order valence-electron chi connectivity index (χ1n) is 6.58. The van der Waals surface area contributed by atoms with E-state index in [1.807, 2.05) is 20.8 Å². The highest BCUT2D eigenvalue weighted by molar-refractivity contribution is 5.20. The van der Waals surface area contributed by atoms with Crippen molar-refractivity contribution in [1.29, 1.82) is 0 Å². The third kappa shape index (κ3) is 3.40. The molecular formula is C13H23N3O. The molecule has 0 aromatic carbocycles. The van der Waals surface area contributed by atoms with Crippen LogP contribution in [-0.2, 0) is 12.8 Å². The van der Waals surface area contributed by atoms with Gasteiger partial charge in [0.05, 0.1) is 5.69 Å². The molecule has 1 aliphatic rings. The minimum absolute atomic E-state index is 0.00852. The Bertz CT molecular complexity index is 408. The molecular weight excluding hydrogens is 214 g/mol. The largest absolute Gasteiger partial charge is 0.330 e. The summed E-state index contributed by atoms with van der Waals surface area (Å²) in [5.41, 5.74) is 7.18. The van der Waals surface area contributed by atoms with Crippen molar-refractivity contribution in [3.05, 3.63) is 27.4 Å². The number of nitrogens with zero attached hydrogens (tertiary/aromatic N) is 1. The lowest BCUT2D eigenvalue weighted by atomic mass is 10.1. The van der Waals surface area contributed by atoms with Crippen molar-refractivity contribution in [2.75, 3.05) is 6.54 Å². The van der Waals surface area contributed by atoms with Crippen LogP contribution in [0.2, 0.25) is 0 Å². The molecule has 3 N–H and O–H groups in total. The molecule has 0 spiro atoms. The zero-order valence-corrected chi connectivity index (χ0v) is 11.0. The van der Waals surface area contributed by atoms with Gasteiger partial charge < -0.3 is 10.7 Å². The van der Waals surface area contributed by atoms with Gasteiger partial charge in [0.15, 0.2) is 0 Å². The number of hydrogen-bond donors (Lipinski definition) is 2. The Labute approximate surface area is 103 Å². The van der Waals surface area contributed by atoms with E-state index in [9.17, 15) is 4.79 Å². The summed E-state index contributed by atoms with van der Waals surface area (Å²) in [6.07, 6.45) is 3.74. The predicted molar refractivity (Wildman–Crippen MR) is 70.3 cm³/mol. The van der Waals surface area contributed by atoms with E-state index in [2.05, 4.69) is 9.97 Å². The van der Waals surface area contributed by atoms with Crippen molar-refractivity contribution >= 4 is 0 Å². The SMILES string of the molecule is CC.CCc1nc(C2CC2)[nH]c(=O)c1CCN. The van der Waals surface area contributed by atoms with Crippen molar-refractivity contribution in [3.63, 3.8) is 0 Å². The van der Waals surface area contributed by atoms with E-state index in [-0.39, 0.29) is 5.56 Å². The molecule has 0 amide bonds. The first-order chi connectivity index (χ1) is 8.26. The van der Waals surface area contributed by atoms with E-state index >= 15 is 0 Å². The van der Waals surface area contributed by atoms with Gasteiger partial charge in [0.1, 0.15) is 5.82 Å². The quantitative estimate of drug-likeness (QED) is 0.837. The second-order valence-corrected chi connectivity index (χ2v) is 4.04. The molecule has 4 nitrogen and oxygen atoms in total. The van der Waals surface area contributed by atoms with Crippen LogP contribution in [0.25, 0.3) is 0 Å². The number of H-pyrrole nitrogens is 1. The van der Waals surface area contributed by atoms with Crippen LogP contribution in [-0.4, -0.2) is 16.5 Å². The van der Waals surface area contributed by atoms with E-state index in [0.717, 1.165) is 36.3 Å². The van der Waals surface area contributed by atoms with Crippen LogP contribution in [0.15, 0.2) is 4.79 Å². The zero-order valence-electron chi connectivity index (χ0n) is 11.0. The topological polar surface area (TPSA) is 71.8 Å². The molecule has 0 aliphatic heterocycles. The van der Waals surface area contributed by atoms with Gasteiger partial charge in [0, 0.05) is 11.5 Å². The van der Waals surface area contributed by atoms with E-state index < -0.39 is 0 Å². The Morgan fingerprint density at radius 2 is 2.06 bits per heavy atom. The van der Waals surface area contributed by atoms with Crippen molar-refractivity contribution < 1.29 is 0 Å². The summed E-state index contributed by atoms with van der Waals surface area (Å²) in [6.45, 7) is 6.53. The van der Waals surface area contributed by atoms with E-state index in [1.165, 1.54) is 0 Å². The van der Waals surface area contributed by atoms with Crippen LogP contribution in [0, 0.1) is 0 Å². The summed E-state index contributed by atoms with van der Waals surface area (Å²) in [5, 5.41) is 0. The minimum atomic E-state index is 0.00852. The molecule has 96 valence electrons. The van der Waals surface area contributed by atoms with Crippen LogP contribution in [0.4, 0.5) is 0 Å². The molecule has 0 unspecified atom stereocenters. The maximum absolute atomic E-state index is 11.8. The van der Waals surface area contributed by atoms with Gasteiger partial charge in [0.25, 0.3) is 5.56 Å². The van der Waals surface area contributed by atoms with Crippen LogP contribution in [0.3, 0.4) is 0 Å². The van der Waals surface area contributed by atoms with Gasteiger partial charge >= 0.3 is 0 Å². The number of nitrogens with one attached hydrogen (secondary N) is 1. The number of rotatable bonds is 4. The average molecular weight is 237 g/mol. The van der Waals surface area contributed by atoms with Gasteiger partial charge in [-0.05, 0) is 32.2 Å². The van der Waals surface area contributed by atoms with Gasteiger partial charge in [-0.15, -0.1) is 0 Å². The highest BCUT2D eigenvalue weighted by Gasteiger charge is 2.27. The number of aromatic amines is 1. The Kier molecular flexibility index (Phi) is 5.35. The molecule has 1 aromatic heterocycles. The number of aryl methyl sites for hydroxylation is 1. The fourth-order valence-corrected chi connectivity index (χ4v) is 1.81. The van der Waals surface area contributed by atoms with Gasteiger partial charge in [-0.2, -0.15) is 0 Å². The fraction of sp³-hybridized carbons (Fsp3) is 0.692. The second kappa shape index (κ2) is 6.55. The molecule has 2 rings (SSSR count). The molecule has 1 heterocycles. The Morgan fingerprint density at radius 3 is 2.53 bits per heavy atom. The van der Waals surface area contributed by atoms with Crippen LogP contribution < -0.4 is 11.3 Å². The molecule has 0 radical (unpaired) electrons. The summed E-state index contributed by atoms with van der Waals surface area (Å²) in [5.74, 6) is 1.37. The van der Waals surface area contributed by atoms with Gasteiger partial charge in [-0.3, -0.25) is 4.79 Å². The summed E-state index contributed by atoms with van der Waals surface area (Å²) in [4.78, 5) is 19.2. The highest BCUT2D eigenvalue weighted by Crippen LogP contribution is 2.37. The zero-order chi connectivity index (χ0) is 12.8. The molecule has 0 atom stereocenters. The molecule has 1 aliphatic carbocycles. The van der Waals surface area contributed by atoms with Gasteiger partial charge in [-0.1, -0.05) is 20.8 Å². The smallest absolute Gasteiger partial charge is 0.254 e.